The van der Waals surface area contributed by atoms with Gasteiger partial charge < -0.3 is 5.32 Å². The molecule has 3 rings (SSSR count). The van der Waals surface area contributed by atoms with Crippen LogP contribution in [-0.2, 0) is 6.54 Å². The Labute approximate surface area is 145 Å². The van der Waals surface area contributed by atoms with E-state index in [1.54, 1.807) is 17.4 Å². The summed E-state index contributed by atoms with van der Waals surface area (Å²) in [4.78, 5) is 5.62. The van der Waals surface area contributed by atoms with Crippen molar-refractivity contribution in [1.82, 2.24) is 10.3 Å². The zero-order valence-corrected chi connectivity index (χ0v) is 14.8. The molecule has 1 saturated carbocycles. The van der Waals surface area contributed by atoms with E-state index in [1.807, 2.05) is 18.3 Å². The van der Waals surface area contributed by atoms with E-state index in [-0.39, 0.29) is 0 Å². The van der Waals surface area contributed by atoms with E-state index in [9.17, 15) is 0 Å². The Bertz CT molecular complexity index is 619. The van der Waals surface area contributed by atoms with Gasteiger partial charge in [0.05, 0.1) is 9.90 Å². The average molecular weight is 355 g/mol. The van der Waals surface area contributed by atoms with Crippen LogP contribution in [0.2, 0.25) is 10.0 Å². The number of rotatable bonds is 4. The van der Waals surface area contributed by atoms with Crippen LogP contribution < -0.4 is 5.32 Å². The van der Waals surface area contributed by atoms with Crippen molar-refractivity contribution >= 4 is 34.5 Å². The van der Waals surface area contributed by atoms with Crippen LogP contribution in [0.1, 0.15) is 43.5 Å². The summed E-state index contributed by atoms with van der Waals surface area (Å²) in [7, 11) is 0. The van der Waals surface area contributed by atoms with Crippen LogP contribution in [0.4, 0.5) is 0 Å². The topological polar surface area (TPSA) is 24.9 Å². The average Bonchev–Trinajstić information content (AvgIpc) is 2.80. The number of hydrogen-bond acceptors (Lipinski definition) is 3. The molecule has 1 fully saturated rings. The molecule has 0 aliphatic heterocycles. The van der Waals surface area contributed by atoms with Gasteiger partial charge >= 0.3 is 0 Å². The third-order valence-corrected chi connectivity index (χ3v) is 5.73. The van der Waals surface area contributed by atoms with Gasteiger partial charge in [0, 0.05) is 29.4 Å². The summed E-state index contributed by atoms with van der Waals surface area (Å²) in [5, 5.41) is 6.12. The number of aromatic nitrogens is 1. The normalized spacial score (nSPS) is 16.6. The lowest BCUT2D eigenvalue weighted by Gasteiger charge is -2.14. The second-order valence-electron chi connectivity index (χ2n) is 5.81. The van der Waals surface area contributed by atoms with Gasteiger partial charge in [-0.3, -0.25) is 0 Å². The highest BCUT2D eigenvalue weighted by atomic mass is 35.5. The van der Waals surface area contributed by atoms with Crippen LogP contribution >= 0.6 is 34.5 Å². The van der Waals surface area contributed by atoms with Crippen molar-refractivity contribution in [2.24, 2.45) is 0 Å². The van der Waals surface area contributed by atoms with Crippen molar-refractivity contribution < 1.29 is 0 Å². The minimum atomic E-state index is 0.647. The Hall–Kier alpha value is -0.610. The lowest BCUT2D eigenvalue weighted by atomic mass is 10.1. The molecule has 1 N–H and O–H groups in total. The van der Waals surface area contributed by atoms with Crippen molar-refractivity contribution in [3.8, 4) is 10.4 Å². The minimum absolute atomic E-state index is 0.647. The van der Waals surface area contributed by atoms with Crippen molar-refractivity contribution in [3.05, 3.63) is 39.4 Å². The van der Waals surface area contributed by atoms with Crippen molar-refractivity contribution in [2.45, 2.75) is 51.1 Å². The first-order valence-corrected chi connectivity index (χ1v) is 9.43. The van der Waals surface area contributed by atoms with Crippen molar-refractivity contribution in [2.75, 3.05) is 0 Å². The van der Waals surface area contributed by atoms with Gasteiger partial charge in [-0.25, -0.2) is 4.98 Å². The maximum Gasteiger partial charge on any atom is 0.107 e. The highest BCUT2D eigenvalue weighted by Gasteiger charge is 2.13. The Balaban J connectivity index is 1.63. The van der Waals surface area contributed by atoms with Gasteiger partial charge in [0.15, 0.2) is 0 Å². The molecule has 118 valence electrons. The number of hydrogen-bond donors (Lipinski definition) is 1. The Morgan fingerprint density at radius 2 is 1.91 bits per heavy atom. The maximum atomic E-state index is 6.27. The van der Waals surface area contributed by atoms with Crippen LogP contribution in [0, 0.1) is 0 Å². The van der Waals surface area contributed by atoms with E-state index < -0.39 is 0 Å². The number of nitrogens with one attached hydrogen (secondary N) is 1. The Morgan fingerprint density at radius 3 is 2.64 bits per heavy atom. The number of halogens is 2. The van der Waals surface area contributed by atoms with Crippen molar-refractivity contribution in [1.29, 1.82) is 0 Å². The van der Waals surface area contributed by atoms with Gasteiger partial charge in [0.2, 0.25) is 0 Å². The van der Waals surface area contributed by atoms with E-state index in [2.05, 4.69) is 10.3 Å². The molecule has 1 heterocycles. The van der Waals surface area contributed by atoms with Crippen LogP contribution in [0.5, 0.6) is 0 Å². The summed E-state index contributed by atoms with van der Waals surface area (Å²) in [5.41, 5.74) is 1.00. The molecule has 0 spiro atoms. The van der Waals surface area contributed by atoms with Gasteiger partial charge in [-0.05, 0) is 25.0 Å². The van der Waals surface area contributed by atoms with Crippen LogP contribution in [0.3, 0.4) is 0 Å². The number of nitrogens with zero attached hydrogens (tertiary/aromatic N) is 1. The summed E-state index contributed by atoms with van der Waals surface area (Å²) >= 11 is 13.9. The number of benzene rings is 1. The second-order valence-corrected chi connectivity index (χ2v) is 7.77. The van der Waals surface area contributed by atoms with Gasteiger partial charge in [0.1, 0.15) is 5.01 Å². The molecule has 0 radical (unpaired) electrons. The molecule has 0 amide bonds. The zero-order valence-electron chi connectivity index (χ0n) is 12.4. The van der Waals surface area contributed by atoms with Gasteiger partial charge in [0.25, 0.3) is 0 Å². The quantitative estimate of drug-likeness (QED) is 0.688. The highest BCUT2D eigenvalue weighted by molar-refractivity contribution is 7.15. The fraction of sp³-hybridized carbons (Fsp3) is 0.471. The molecule has 5 heteroatoms. The van der Waals surface area contributed by atoms with Crippen LogP contribution in [0.15, 0.2) is 24.4 Å². The molecule has 1 aromatic carbocycles. The smallest absolute Gasteiger partial charge is 0.107 e. The van der Waals surface area contributed by atoms with Crippen LogP contribution in [-0.4, -0.2) is 11.0 Å². The van der Waals surface area contributed by atoms with E-state index in [0.717, 1.165) is 22.0 Å². The first kappa shape index (κ1) is 16.3. The highest BCUT2D eigenvalue weighted by Crippen LogP contribution is 2.33. The SMILES string of the molecule is Clc1ccc(-c2cnc(CNC3CCCCCC3)s2)c(Cl)c1. The predicted molar refractivity (Wildman–Crippen MR) is 95.9 cm³/mol. The third kappa shape index (κ3) is 4.23. The molecule has 0 unspecified atom stereocenters. The molecule has 2 nitrogen and oxygen atoms in total. The van der Waals surface area contributed by atoms with Crippen LogP contribution in [0.25, 0.3) is 10.4 Å². The molecule has 0 atom stereocenters. The first-order chi connectivity index (χ1) is 10.7. The molecule has 2 aromatic rings. The molecule has 1 aliphatic rings. The number of thiazole rings is 1. The molecular formula is C17H20Cl2N2S. The maximum absolute atomic E-state index is 6.27. The van der Waals surface area contributed by atoms with Gasteiger partial charge in [-0.2, -0.15) is 0 Å². The Kier molecular flexibility index (Phi) is 5.75. The van der Waals surface area contributed by atoms with Gasteiger partial charge in [-0.15, -0.1) is 11.3 Å². The molecule has 1 aliphatic carbocycles. The van der Waals surface area contributed by atoms with Gasteiger partial charge in [-0.1, -0.05) is 55.0 Å². The minimum Gasteiger partial charge on any atom is -0.308 e. The van der Waals surface area contributed by atoms with E-state index >= 15 is 0 Å². The second kappa shape index (κ2) is 7.78. The Morgan fingerprint density at radius 1 is 1.14 bits per heavy atom. The summed E-state index contributed by atoms with van der Waals surface area (Å²) in [6.07, 6.45) is 9.96. The van der Waals surface area contributed by atoms with E-state index in [4.69, 9.17) is 23.2 Å². The predicted octanol–water partition coefficient (Wildman–Crippen LogP) is 5.93. The fourth-order valence-electron chi connectivity index (χ4n) is 2.92. The van der Waals surface area contributed by atoms with E-state index in [1.165, 1.54) is 38.5 Å². The first-order valence-electron chi connectivity index (χ1n) is 7.86. The molecule has 22 heavy (non-hydrogen) atoms. The van der Waals surface area contributed by atoms with Crippen molar-refractivity contribution in [3.63, 3.8) is 0 Å². The monoisotopic (exact) mass is 354 g/mol. The lowest BCUT2D eigenvalue weighted by Crippen LogP contribution is -2.27. The molecule has 1 aromatic heterocycles. The molecular weight excluding hydrogens is 335 g/mol. The summed E-state index contributed by atoms with van der Waals surface area (Å²) in [6.45, 7) is 0.848. The zero-order chi connectivity index (χ0) is 15.4. The summed E-state index contributed by atoms with van der Waals surface area (Å²) in [5.74, 6) is 0. The van der Waals surface area contributed by atoms with E-state index in [0.29, 0.717) is 16.1 Å². The largest absolute Gasteiger partial charge is 0.308 e. The third-order valence-electron chi connectivity index (χ3n) is 4.15. The molecule has 0 saturated heterocycles. The molecule has 0 bridgehead atoms. The summed E-state index contributed by atoms with van der Waals surface area (Å²) < 4.78 is 0. The standard InChI is InChI=1S/C17H20Cl2N2S/c18-12-7-8-14(15(19)9-12)16-10-21-17(22-16)11-20-13-5-3-1-2-4-6-13/h7-10,13,20H,1-6,11H2. The summed E-state index contributed by atoms with van der Waals surface area (Å²) in [6, 6.07) is 6.25. The fourth-order valence-corrected chi connectivity index (χ4v) is 4.40. The lowest BCUT2D eigenvalue weighted by molar-refractivity contribution is 0.458.